The second-order valence-corrected chi connectivity index (χ2v) is 26.7. The van der Waals surface area contributed by atoms with Gasteiger partial charge in [-0.3, -0.25) is 14.1 Å². The molecular weight excluding hydrogens is 1080 g/mol. The van der Waals surface area contributed by atoms with E-state index in [0.29, 0.717) is 32.5 Å². The van der Waals surface area contributed by atoms with E-state index in [9.17, 15) is 22.6 Å². The summed E-state index contributed by atoms with van der Waals surface area (Å²) in [4.78, 5) is 39.2. The average molecular weight is 1180 g/mol. The molecule has 2 aromatic carbocycles. The molecule has 4 N–H and O–H groups in total. The molecule has 3 aliphatic rings. The number of hydrogen-bond donors (Lipinski definition) is 4. The smallest absolute Gasteiger partial charge is 0.294 e. The third kappa shape index (κ3) is 22.1. The number of quaternary nitrogens is 2. The Kier molecular flexibility index (Phi) is 28.1. The Labute approximate surface area is 495 Å². The number of nitrogens with one attached hydrogen (secondary N) is 2. The van der Waals surface area contributed by atoms with Crippen molar-refractivity contribution in [1.29, 1.82) is 0 Å². The van der Waals surface area contributed by atoms with Crippen molar-refractivity contribution in [3.8, 4) is 0 Å². The molecular formula is C62H100N9O9S2+3. The SMILES string of the molecule is CN(C)CCCNC(=O)CCCCC[N+]1=C(/C=C/C=C/C=C2\N(CCCCCC(=O)NCCC[N+](C)(C)CCCCCCN=C=NCCC[N+]3(C)CCOCC3)c3ccc(S(=O)(=O)O)cc3C2(C)C)C(C)(C)c2cc(SOOO)ccc21. The molecule has 0 aromatic heterocycles. The van der Waals surface area contributed by atoms with E-state index in [0.717, 1.165) is 209 Å². The van der Waals surface area contributed by atoms with Crippen LogP contribution in [0.4, 0.5) is 11.4 Å². The largest absolute Gasteiger partial charge is 0.370 e. The zero-order valence-electron chi connectivity index (χ0n) is 51.1. The van der Waals surface area contributed by atoms with E-state index in [1.807, 2.05) is 38.4 Å². The Morgan fingerprint density at radius 2 is 1.49 bits per heavy atom. The van der Waals surface area contributed by atoms with Crippen LogP contribution in [0.2, 0.25) is 0 Å². The maximum absolute atomic E-state index is 12.9. The molecule has 0 unspecified atom stereocenters. The summed E-state index contributed by atoms with van der Waals surface area (Å²) in [5.74, 6) is 0.168. The quantitative estimate of drug-likeness (QED) is 0.00573. The number of morpholine rings is 1. The first-order valence-corrected chi connectivity index (χ1v) is 32.1. The molecule has 82 heavy (non-hydrogen) atoms. The fourth-order valence-corrected chi connectivity index (χ4v) is 12.2. The molecule has 456 valence electrons. The molecule has 3 aliphatic heterocycles. The lowest BCUT2D eigenvalue weighted by molar-refractivity contribution is -0.916. The second-order valence-electron chi connectivity index (χ2n) is 24.5. The van der Waals surface area contributed by atoms with E-state index in [1.165, 1.54) is 12.5 Å². The van der Waals surface area contributed by atoms with Crippen molar-refractivity contribution < 1.29 is 55.5 Å². The molecule has 20 heteroatoms. The molecule has 2 amide bonds. The van der Waals surface area contributed by atoms with Crippen LogP contribution in [-0.2, 0) is 44.6 Å². The van der Waals surface area contributed by atoms with E-state index in [4.69, 9.17) is 14.3 Å². The minimum atomic E-state index is -4.42. The summed E-state index contributed by atoms with van der Waals surface area (Å²) in [7, 11) is 6.48. The molecule has 0 radical (unpaired) electrons. The van der Waals surface area contributed by atoms with E-state index >= 15 is 0 Å². The van der Waals surface area contributed by atoms with Crippen LogP contribution in [0.15, 0.2) is 92.3 Å². The first-order valence-electron chi connectivity index (χ1n) is 30.0. The first-order chi connectivity index (χ1) is 39.1. The van der Waals surface area contributed by atoms with Crippen molar-refractivity contribution in [2.45, 2.75) is 145 Å². The van der Waals surface area contributed by atoms with Gasteiger partial charge < -0.3 is 34.1 Å². The number of allylic oxidation sites excluding steroid dienone is 6. The highest BCUT2D eigenvalue weighted by Crippen LogP contribution is 2.49. The van der Waals surface area contributed by atoms with Crippen LogP contribution in [0.1, 0.15) is 135 Å². The number of fused-ring (bicyclic) bond motifs is 2. The van der Waals surface area contributed by atoms with Gasteiger partial charge in [-0.15, -0.1) is 4.33 Å². The van der Waals surface area contributed by atoms with Crippen molar-refractivity contribution >= 4 is 57.1 Å². The Morgan fingerprint density at radius 1 is 0.829 bits per heavy atom. The van der Waals surface area contributed by atoms with Crippen LogP contribution in [0.25, 0.3) is 0 Å². The minimum absolute atomic E-state index is 0.0754. The molecule has 3 heterocycles. The molecule has 5 rings (SSSR count). The van der Waals surface area contributed by atoms with Gasteiger partial charge in [0.1, 0.15) is 19.6 Å². The van der Waals surface area contributed by atoms with Crippen LogP contribution in [0.5, 0.6) is 0 Å². The van der Waals surface area contributed by atoms with Gasteiger partial charge >= 0.3 is 0 Å². The van der Waals surface area contributed by atoms with Crippen molar-refractivity contribution in [1.82, 2.24) is 15.5 Å². The van der Waals surface area contributed by atoms with Gasteiger partial charge in [0.25, 0.3) is 10.1 Å². The van der Waals surface area contributed by atoms with Crippen LogP contribution in [0, 0.1) is 0 Å². The van der Waals surface area contributed by atoms with E-state index in [1.54, 1.807) is 12.1 Å². The topological polar surface area (TPSA) is 195 Å². The number of nitrogens with zero attached hydrogens (tertiary/aromatic N) is 7. The molecule has 1 saturated heterocycles. The molecule has 0 aliphatic carbocycles. The number of rotatable bonds is 38. The standard InChI is InChI=1S/C62H97N9O9S2/c1-61(2)53-48-51(81-80-79-74)30-32-55(53)68(39-20-13-17-28-59(72)65-36-23-38-67(5)6)57(61)26-15-12-16-27-58-62(3,4)54-49-52(82(75,76)77)31-33-56(54)69(58)40-21-14-18-29-60(73)66-37-25-42-70(7,8)41-22-11-10-19-34-63-50-64-35-24-43-71(9)44-46-78-47-45-71/h12,15-16,26-27,30-33,48-49H,10-11,13-14,17-25,28-29,34-47H2,1-9H3,(H-3,65,66,72,73,74,75,76,77)/p+3. The molecule has 0 saturated carbocycles. The molecule has 0 spiro atoms. The molecule has 0 bridgehead atoms. The van der Waals surface area contributed by atoms with E-state index in [2.05, 4.69) is 119 Å². The normalized spacial score (nSPS) is 17.0. The lowest BCUT2D eigenvalue weighted by atomic mass is 9.81. The van der Waals surface area contributed by atoms with Gasteiger partial charge in [0.05, 0.1) is 88.9 Å². The highest BCUT2D eigenvalue weighted by atomic mass is 32.2. The first kappa shape index (κ1) is 68.2. The maximum atomic E-state index is 12.9. The van der Waals surface area contributed by atoms with Gasteiger partial charge in [-0.05, 0) is 128 Å². The number of benzene rings is 2. The van der Waals surface area contributed by atoms with Gasteiger partial charge in [0.2, 0.25) is 17.5 Å². The third-order valence-corrected chi connectivity index (χ3v) is 17.7. The zero-order valence-corrected chi connectivity index (χ0v) is 52.7. The van der Waals surface area contributed by atoms with Gasteiger partial charge in [-0.25, -0.2) is 15.2 Å². The summed E-state index contributed by atoms with van der Waals surface area (Å²) in [6.07, 6.45) is 23.7. The van der Waals surface area contributed by atoms with Crippen molar-refractivity contribution in [2.24, 2.45) is 9.98 Å². The summed E-state index contributed by atoms with van der Waals surface area (Å²) >= 11 is 0.933. The van der Waals surface area contributed by atoms with Gasteiger partial charge in [0, 0.05) is 97.7 Å². The Hall–Kier alpha value is -4.57. The number of ether oxygens (including phenoxy) is 1. The minimum Gasteiger partial charge on any atom is -0.370 e. The number of unbranched alkanes of at least 4 members (excludes halogenated alkanes) is 7. The van der Waals surface area contributed by atoms with Crippen LogP contribution >= 0.6 is 12.0 Å². The third-order valence-electron chi connectivity index (χ3n) is 16.3. The lowest BCUT2D eigenvalue weighted by Gasteiger charge is -2.37. The second kappa shape index (κ2) is 33.8. The van der Waals surface area contributed by atoms with E-state index < -0.39 is 15.5 Å². The predicted octanol–water partition coefficient (Wildman–Crippen LogP) is 9.90. The number of amides is 2. The lowest BCUT2D eigenvalue weighted by Crippen LogP contribution is -2.52. The van der Waals surface area contributed by atoms with Gasteiger partial charge in [-0.1, -0.05) is 50.0 Å². The molecule has 2 aromatic rings. The summed E-state index contributed by atoms with van der Waals surface area (Å²) in [5.41, 5.74) is 5.05. The van der Waals surface area contributed by atoms with E-state index in [-0.39, 0.29) is 22.1 Å². The summed E-state index contributed by atoms with van der Waals surface area (Å²) in [5, 5.41) is 18.9. The van der Waals surface area contributed by atoms with Crippen molar-refractivity contribution in [2.75, 3.05) is 132 Å². The number of likely N-dealkylation sites (N-methyl/N-ethyl adjacent to an activating group) is 1. The van der Waals surface area contributed by atoms with Crippen LogP contribution in [0.3, 0.4) is 0 Å². The molecule has 0 atom stereocenters. The number of carbonyl (C=O) groups excluding carboxylic acids is 2. The number of aliphatic imine (C=N–C) groups is 2. The fourth-order valence-electron chi connectivity index (χ4n) is 11.3. The fraction of sp³-hybridized carbons (Fsp3) is 0.645. The Balaban J connectivity index is 1.10. The maximum Gasteiger partial charge on any atom is 0.294 e. The van der Waals surface area contributed by atoms with Crippen LogP contribution in [-0.4, -0.2) is 187 Å². The Bertz CT molecular complexity index is 2670. The number of anilines is 1. The molecule has 18 nitrogen and oxygen atoms in total. The average Bonchev–Trinajstić information content (AvgIpc) is 4.02. The Morgan fingerprint density at radius 3 is 2.18 bits per heavy atom. The van der Waals surface area contributed by atoms with Crippen molar-refractivity contribution in [3.63, 3.8) is 0 Å². The monoisotopic (exact) mass is 1180 g/mol. The summed E-state index contributed by atoms with van der Waals surface area (Å²) in [6, 6.07) is 13.8. The zero-order chi connectivity index (χ0) is 59.7. The van der Waals surface area contributed by atoms with Crippen molar-refractivity contribution in [3.05, 3.63) is 83.6 Å². The predicted molar refractivity (Wildman–Crippen MR) is 330 cm³/mol. The van der Waals surface area contributed by atoms with Gasteiger partial charge in [-0.2, -0.15) is 13.0 Å². The molecule has 1 fully saturated rings. The summed E-state index contributed by atoms with van der Waals surface area (Å²) < 4.78 is 49.3. The summed E-state index contributed by atoms with van der Waals surface area (Å²) in [6.45, 7) is 20.9. The van der Waals surface area contributed by atoms with Crippen LogP contribution < -0.4 is 15.5 Å². The number of carbonyl (C=O) groups is 2. The number of hydrogen-bond acceptors (Lipinski definition) is 13. The van der Waals surface area contributed by atoms with Gasteiger partial charge in [0.15, 0.2) is 5.71 Å². The highest BCUT2D eigenvalue weighted by molar-refractivity contribution is 7.94. The highest BCUT2D eigenvalue weighted by Gasteiger charge is 2.45.